The van der Waals surface area contributed by atoms with Crippen molar-refractivity contribution in [2.45, 2.75) is 30.0 Å². The number of fused-ring (bicyclic) bond motifs is 3. The summed E-state index contributed by atoms with van der Waals surface area (Å²) in [5.74, 6) is -0.0442. The Morgan fingerprint density at radius 3 is 2.03 bits per heavy atom. The van der Waals surface area contributed by atoms with Gasteiger partial charge < -0.3 is 14.4 Å². The minimum absolute atomic E-state index is 0.551. The second-order valence-corrected chi connectivity index (χ2v) is 9.12. The van der Waals surface area contributed by atoms with Crippen LogP contribution < -0.4 is 4.74 Å². The largest absolute Gasteiger partial charge is 0.492 e. The average Bonchev–Trinajstić information content (AvgIpc) is 3.03. The summed E-state index contributed by atoms with van der Waals surface area (Å²) in [6, 6.07) is 24.5. The van der Waals surface area contributed by atoms with Gasteiger partial charge in [0, 0.05) is 26.7 Å². The highest BCUT2D eigenvalue weighted by molar-refractivity contribution is 8.01. The Hall–Kier alpha value is -2.92. The Labute approximate surface area is 174 Å². The van der Waals surface area contributed by atoms with Crippen LogP contribution in [0.15, 0.2) is 77.7 Å². The Kier molecular flexibility index (Phi) is 5.24. The van der Waals surface area contributed by atoms with E-state index in [0.717, 1.165) is 17.2 Å². The molecule has 0 unspecified atom stereocenters. The average molecular weight is 406 g/mol. The number of rotatable bonds is 7. The van der Waals surface area contributed by atoms with Crippen LogP contribution in [0.3, 0.4) is 0 Å². The third kappa shape index (κ3) is 3.96. The number of thioether (sulfide) groups is 1. The van der Waals surface area contributed by atoms with E-state index in [-0.39, 0.29) is 0 Å². The first kappa shape index (κ1) is 19.4. The molecule has 1 heterocycles. The number of aromatic nitrogens is 1. The van der Waals surface area contributed by atoms with Gasteiger partial charge in [0.1, 0.15) is 17.1 Å². The highest BCUT2D eigenvalue weighted by Gasteiger charge is 2.28. The van der Waals surface area contributed by atoms with Crippen LogP contribution in [-0.2, 0) is 11.3 Å². The topological polar surface area (TPSA) is 51.5 Å². The number of carboxylic acid groups (broad SMARTS) is 1. The van der Waals surface area contributed by atoms with Gasteiger partial charge in [0.25, 0.3) is 0 Å². The smallest absolute Gasteiger partial charge is 0.319 e. The Bertz CT molecular complexity index is 1110. The molecular formula is C24H23NO3S. The van der Waals surface area contributed by atoms with Gasteiger partial charge in [-0.05, 0) is 50.2 Å². The lowest BCUT2D eigenvalue weighted by atomic mass is 10.2. The van der Waals surface area contributed by atoms with E-state index < -0.39 is 10.7 Å². The summed E-state index contributed by atoms with van der Waals surface area (Å²) >= 11 is 1.33. The fraction of sp³-hybridized carbons (Fsp3) is 0.208. The molecule has 0 amide bonds. The number of aliphatic carboxylic acids is 1. The number of hydrogen-bond donors (Lipinski definition) is 1. The number of nitrogens with zero attached hydrogens (tertiary/aromatic N) is 1. The Balaban J connectivity index is 1.46. The first-order valence-corrected chi connectivity index (χ1v) is 10.4. The van der Waals surface area contributed by atoms with Crippen LogP contribution in [0, 0.1) is 0 Å². The maximum absolute atomic E-state index is 11.3. The molecule has 4 rings (SSSR count). The van der Waals surface area contributed by atoms with E-state index in [0.29, 0.717) is 6.61 Å². The molecular weight excluding hydrogens is 382 g/mol. The number of carboxylic acids is 1. The zero-order valence-electron chi connectivity index (χ0n) is 16.5. The van der Waals surface area contributed by atoms with Crippen LogP contribution in [0.1, 0.15) is 13.8 Å². The van der Waals surface area contributed by atoms with Crippen LogP contribution in [0.2, 0.25) is 0 Å². The standard InChI is InChI=1S/C24H23NO3S/c1-24(2,23(26)27)29-18-13-11-17(12-14-18)28-16-15-25-21-9-5-3-7-19(21)20-8-4-6-10-22(20)25/h3-14H,15-16H2,1-2H3,(H,26,27). The molecule has 0 saturated carbocycles. The Morgan fingerprint density at radius 2 is 1.48 bits per heavy atom. The molecule has 0 bridgehead atoms. The van der Waals surface area contributed by atoms with Crippen molar-refractivity contribution in [3.63, 3.8) is 0 Å². The normalized spacial score (nSPS) is 11.8. The fourth-order valence-electron chi connectivity index (χ4n) is 3.44. The van der Waals surface area contributed by atoms with E-state index in [2.05, 4.69) is 53.1 Å². The van der Waals surface area contributed by atoms with Crippen molar-refractivity contribution in [1.82, 2.24) is 4.57 Å². The van der Waals surface area contributed by atoms with E-state index in [1.807, 2.05) is 24.3 Å². The van der Waals surface area contributed by atoms with E-state index in [1.54, 1.807) is 13.8 Å². The minimum Gasteiger partial charge on any atom is -0.492 e. The van der Waals surface area contributed by atoms with Crippen molar-refractivity contribution in [2.75, 3.05) is 6.61 Å². The quantitative estimate of drug-likeness (QED) is 0.393. The molecule has 0 atom stereocenters. The lowest BCUT2D eigenvalue weighted by Gasteiger charge is -2.18. The van der Waals surface area contributed by atoms with Gasteiger partial charge in [0.05, 0.1) is 6.54 Å². The zero-order valence-corrected chi connectivity index (χ0v) is 17.3. The van der Waals surface area contributed by atoms with Crippen molar-refractivity contribution >= 4 is 39.5 Å². The van der Waals surface area contributed by atoms with Crippen molar-refractivity contribution in [3.05, 3.63) is 72.8 Å². The van der Waals surface area contributed by atoms with Crippen LogP contribution in [0.5, 0.6) is 5.75 Å². The second-order valence-electron chi connectivity index (χ2n) is 7.42. The lowest BCUT2D eigenvalue weighted by Crippen LogP contribution is -2.26. The molecule has 1 N–H and O–H groups in total. The highest BCUT2D eigenvalue weighted by atomic mass is 32.2. The number of benzene rings is 3. The van der Waals surface area contributed by atoms with Crippen LogP contribution in [-0.4, -0.2) is 27.0 Å². The van der Waals surface area contributed by atoms with E-state index in [1.165, 1.54) is 33.6 Å². The van der Waals surface area contributed by atoms with Crippen LogP contribution >= 0.6 is 11.8 Å². The molecule has 4 nitrogen and oxygen atoms in total. The summed E-state index contributed by atoms with van der Waals surface area (Å²) in [6.45, 7) is 4.71. The lowest BCUT2D eigenvalue weighted by molar-refractivity contribution is -0.138. The molecule has 5 heteroatoms. The van der Waals surface area contributed by atoms with Crippen molar-refractivity contribution in [2.24, 2.45) is 0 Å². The molecule has 0 radical (unpaired) electrons. The van der Waals surface area contributed by atoms with Crippen molar-refractivity contribution in [3.8, 4) is 5.75 Å². The number of ether oxygens (including phenoxy) is 1. The first-order chi connectivity index (χ1) is 14.0. The number of hydrogen-bond acceptors (Lipinski definition) is 3. The third-order valence-corrected chi connectivity index (χ3v) is 6.17. The number of para-hydroxylation sites is 2. The van der Waals surface area contributed by atoms with Gasteiger partial charge in [0.2, 0.25) is 0 Å². The van der Waals surface area contributed by atoms with Crippen LogP contribution in [0.25, 0.3) is 21.8 Å². The summed E-state index contributed by atoms with van der Waals surface area (Å²) in [4.78, 5) is 12.2. The summed E-state index contributed by atoms with van der Waals surface area (Å²) in [5, 5.41) is 11.8. The fourth-order valence-corrected chi connectivity index (χ4v) is 4.39. The maximum Gasteiger partial charge on any atom is 0.319 e. The van der Waals surface area contributed by atoms with Gasteiger partial charge in [0.15, 0.2) is 0 Å². The van der Waals surface area contributed by atoms with Gasteiger partial charge in [-0.1, -0.05) is 36.4 Å². The SMILES string of the molecule is CC(C)(Sc1ccc(OCCn2c3ccccc3c3ccccc32)cc1)C(=O)O. The van der Waals surface area contributed by atoms with Crippen molar-refractivity contribution < 1.29 is 14.6 Å². The molecule has 29 heavy (non-hydrogen) atoms. The molecule has 1 aromatic heterocycles. The molecule has 0 fully saturated rings. The summed E-state index contributed by atoms with van der Waals surface area (Å²) < 4.78 is 7.40. The molecule has 4 aromatic rings. The van der Waals surface area contributed by atoms with Gasteiger partial charge in [-0.3, -0.25) is 4.79 Å². The number of carbonyl (C=O) groups is 1. The zero-order chi connectivity index (χ0) is 20.4. The van der Waals surface area contributed by atoms with E-state index >= 15 is 0 Å². The molecule has 148 valence electrons. The summed E-state index contributed by atoms with van der Waals surface area (Å²) in [6.07, 6.45) is 0. The van der Waals surface area contributed by atoms with Gasteiger partial charge in [-0.2, -0.15) is 0 Å². The van der Waals surface area contributed by atoms with Gasteiger partial charge in [-0.15, -0.1) is 11.8 Å². The predicted octanol–water partition coefficient (Wildman–Crippen LogP) is 5.83. The molecule has 0 aliphatic rings. The molecule has 0 aliphatic heterocycles. The molecule has 0 spiro atoms. The monoisotopic (exact) mass is 405 g/mol. The summed E-state index contributed by atoms with van der Waals surface area (Å²) in [7, 11) is 0. The second kappa shape index (κ2) is 7.84. The molecule has 0 aliphatic carbocycles. The van der Waals surface area contributed by atoms with E-state index in [4.69, 9.17) is 4.74 Å². The molecule has 0 saturated heterocycles. The van der Waals surface area contributed by atoms with Crippen LogP contribution in [0.4, 0.5) is 0 Å². The first-order valence-electron chi connectivity index (χ1n) is 9.57. The summed E-state index contributed by atoms with van der Waals surface area (Å²) in [5.41, 5.74) is 2.42. The van der Waals surface area contributed by atoms with Gasteiger partial charge in [-0.25, -0.2) is 0 Å². The van der Waals surface area contributed by atoms with E-state index in [9.17, 15) is 9.90 Å². The molecule has 3 aromatic carbocycles. The highest BCUT2D eigenvalue weighted by Crippen LogP contribution is 2.33. The van der Waals surface area contributed by atoms with Gasteiger partial charge >= 0.3 is 5.97 Å². The third-order valence-electron chi connectivity index (χ3n) is 4.98. The minimum atomic E-state index is -0.862. The van der Waals surface area contributed by atoms with Crippen molar-refractivity contribution in [1.29, 1.82) is 0 Å². The predicted molar refractivity (Wildman–Crippen MR) is 119 cm³/mol. The Morgan fingerprint density at radius 1 is 0.931 bits per heavy atom. The maximum atomic E-state index is 11.3.